The summed E-state index contributed by atoms with van der Waals surface area (Å²) in [6.07, 6.45) is 0. The van der Waals surface area contributed by atoms with Crippen LogP contribution in [-0.2, 0) is 20.2 Å². The first-order valence-electron chi connectivity index (χ1n) is 5.92. The van der Waals surface area contributed by atoms with Gasteiger partial charge in [-0.1, -0.05) is 0 Å². The van der Waals surface area contributed by atoms with Gasteiger partial charge in [0.25, 0.3) is 20.2 Å². The van der Waals surface area contributed by atoms with Gasteiger partial charge in [0.1, 0.15) is 0 Å². The molecule has 0 aliphatic heterocycles. The van der Waals surface area contributed by atoms with E-state index in [1.807, 2.05) is 0 Å². The predicted octanol–water partition coefficient (Wildman–Crippen LogP) is 2.26. The van der Waals surface area contributed by atoms with Crippen LogP contribution < -0.4 is 0 Å². The normalized spacial score (nSPS) is 12.8. The van der Waals surface area contributed by atoms with Crippen LogP contribution in [0.25, 0.3) is 10.8 Å². The van der Waals surface area contributed by atoms with Crippen molar-refractivity contribution in [3.05, 3.63) is 34.9 Å². The van der Waals surface area contributed by atoms with Gasteiger partial charge in [0, 0.05) is 0 Å². The summed E-state index contributed by atoms with van der Waals surface area (Å²) in [5.74, 6) is 0. The van der Waals surface area contributed by atoms with Gasteiger partial charge in [0.15, 0.2) is 0 Å². The quantitative estimate of drug-likeness (QED) is 0.818. The van der Waals surface area contributed by atoms with Gasteiger partial charge in [0.05, 0.1) is 9.79 Å². The van der Waals surface area contributed by atoms with Crippen LogP contribution in [0, 0.1) is 20.8 Å². The number of hydrogen-bond acceptors (Lipinski definition) is 4. The minimum Gasteiger partial charge on any atom is -0.282 e. The molecule has 0 spiro atoms. The Kier molecular flexibility index (Phi) is 3.61. The summed E-state index contributed by atoms with van der Waals surface area (Å²) in [5, 5.41) is 1.01. The Morgan fingerprint density at radius 3 is 1.86 bits per heavy atom. The van der Waals surface area contributed by atoms with E-state index in [9.17, 15) is 21.4 Å². The summed E-state index contributed by atoms with van der Waals surface area (Å²) in [7, 11) is -8.82. The van der Waals surface area contributed by atoms with E-state index in [1.54, 1.807) is 20.8 Å². The molecule has 0 aromatic heterocycles. The molecule has 8 heteroatoms. The smallest absolute Gasteiger partial charge is 0.282 e. The number of benzene rings is 2. The van der Waals surface area contributed by atoms with Crippen LogP contribution in [0.2, 0.25) is 0 Å². The maximum atomic E-state index is 11.4. The van der Waals surface area contributed by atoms with Crippen LogP contribution in [0.15, 0.2) is 28.0 Å². The van der Waals surface area contributed by atoms with Gasteiger partial charge in [0.2, 0.25) is 0 Å². The first kappa shape index (κ1) is 15.9. The lowest BCUT2D eigenvalue weighted by Crippen LogP contribution is -2.05. The van der Waals surface area contributed by atoms with Crippen LogP contribution in [0.5, 0.6) is 0 Å². The summed E-state index contributed by atoms with van der Waals surface area (Å²) >= 11 is 0. The molecular formula is C13H14O6S2. The van der Waals surface area contributed by atoms with Crippen molar-refractivity contribution in [1.29, 1.82) is 0 Å². The molecule has 0 atom stereocenters. The Morgan fingerprint density at radius 2 is 1.38 bits per heavy atom. The highest BCUT2D eigenvalue weighted by Crippen LogP contribution is 2.32. The molecule has 0 saturated heterocycles. The Hall–Kier alpha value is -1.48. The molecule has 2 rings (SSSR count). The van der Waals surface area contributed by atoms with Crippen molar-refractivity contribution in [3.63, 3.8) is 0 Å². The largest absolute Gasteiger partial charge is 0.294 e. The van der Waals surface area contributed by atoms with E-state index in [-0.39, 0.29) is 9.79 Å². The fourth-order valence-electron chi connectivity index (χ4n) is 2.45. The summed E-state index contributed by atoms with van der Waals surface area (Å²) < 4.78 is 63.7. The van der Waals surface area contributed by atoms with Crippen molar-refractivity contribution in [2.45, 2.75) is 30.6 Å². The van der Waals surface area contributed by atoms with Crippen molar-refractivity contribution in [2.75, 3.05) is 0 Å². The summed E-state index contributed by atoms with van der Waals surface area (Å²) in [6, 6.07) is 3.70. The van der Waals surface area contributed by atoms with Gasteiger partial charge in [-0.15, -0.1) is 0 Å². The van der Waals surface area contributed by atoms with Crippen LogP contribution >= 0.6 is 0 Å². The summed E-state index contributed by atoms with van der Waals surface area (Å²) in [4.78, 5) is -0.601. The van der Waals surface area contributed by atoms with E-state index in [1.165, 1.54) is 18.2 Å². The Labute approximate surface area is 122 Å². The van der Waals surface area contributed by atoms with Gasteiger partial charge in [-0.3, -0.25) is 9.11 Å². The van der Waals surface area contributed by atoms with Crippen molar-refractivity contribution in [2.24, 2.45) is 0 Å². The van der Waals surface area contributed by atoms with Gasteiger partial charge in [-0.25, -0.2) is 0 Å². The van der Waals surface area contributed by atoms with E-state index in [0.29, 0.717) is 27.5 Å². The molecule has 0 fully saturated rings. The van der Waals surface area contributed by atoms with Crippen molar-refractivity contribution >= 4 is 31.0 Å². The van der Waals surface area contributed by atoms with E-state index < -0.39 is 20.2 Å². The van der Waals surface area contributed by atoms with Crippen molar-refractivity contribution < 1.29 is 25.9 Å². The summed E-state index contributed by atoms with van der Waals surface area (Å²) in [6.45, 7) is 4.91. The van der Waals surface area contributed by atoms with Crippen molar-refractivity contribution in [1.82, 2.24) is 0 Å². The number of fused-ring (bicyclic) bond motifs is 1. The second kappa shape index (κ2) is 4.77. The highest BCUT2D eigenvalue weighted by Gasteiger charge is 2.20. The maximum Gasteiger partial charge on any atom is 0.294 e. The number of hydrogen-bond donors (Lipinski definition) is 2. The summed E-state index contributed by atoms with van der Waals surface area (Å²) in [5.41, 5.74) is 1.61. The average molecular weight is 330 g/mol. The standard InChI is InChI=1S/C13H14O6S2/c1-7-4-11(20(14,15)16)5-10-6-12(21(17,18)19)8(2)9(3)13(7)10/h4-6H,1-3H3,(H,14,15,16)(H,17,18,19). The molecule has 6 nitrogen and oxygen atoms in total. The highest BCUT2D eigenvalue weighted by molar-refractivity contribution is 7.86. The highest BCUT2D eigenvalue weighted by atomic mass is 32.2. The zero-order chi connectivity index (χ0) is 16.2. The van der Waals surface area contributed by atoms with E-state index >= 15 is 0 Å². The van der Waals surface area contributed by atoms with Crippen LogP contribution in [0.1, 0.15) is 16.7 Å². The molecule has 0 saturated carbocycles. The molecule has 2 aromatic carbocycles. The number of aryl methyl sites for hydroxylation is 2. The minimum atomic E-state index is -4.42. The van der Waals surface area contributed by atoms with Gasteiger partial charge in [-0.2, -0.15) is 16.8 Å². The third-order valence-corrected chi connectivity index (χ3v) is 5.32. The molecule has 0 aliphatic carbocycles. The third kappa shape index (κ3) is 2.80. The molecule has 21 heavy (non-hydrogen) atoms. The molecule has 0 aliphatic rings. The Balaban J connectivity index is 3.03. The average Bonchev–Trinajstić information content (AvgIpc) is 2.30. The number of rotatable bonds is 2. The molecule has 0 radical (unpaired) electrons. The van der Waals surface area contributed by atoms with Crippen LogP contribution in [0.3, 0.4) is 0 Å². The molecule has 114 valence electrons. The fraction of sp³-hybridized carbons (Fsp3) is 0.231. The van der Waals surface area contributed by atoms with E-state index in [4.69, 9.17) is 4.55 Å². The topological polar surface area (TPSA) is 109 Å². The van der Waals surface area contributed by atoms with E-state index in [2.05, 4.69) is 0 Å². The lowest BCUT2D eigenvalue weighted by atomic mass is 9.97. The molecule has 0 amide bonds. The first-order valence-corrected chi connectivity index (χ1v) is 8.80. The minimum absolute atomic E-state index is 0.278. The Bertz CT molecular complexity index is 956. The first-order chi connectivity index (χ1) is 9.43. The van der Waals surface area contributed by atoms with E-state index in [0.717, 1.165) is 0 Å². The molecule has 0 heterocycles. The van der Waals surface area contributed by atoms with Gasteiger partial charge < -0.3 is 0 Å². The molecule has 2 aromatic rings. The maximum absolute atomic E-state index is 11.4. The second-order valence-electron chi connectivity index (χ2n) is 4.91. The molecule has 0 unspecified atom stereocenters. The zero-order valence-electron chi connectivity index (χ0n) is 11.6. The molecule has 2 N–H and O–H groups in total. The predicted molar refractivity (Wildman–Crippen MR) is 77.8 cm³/mol. The zero-order valence-corrected chi connectivity index (χ0v) is 13.2. The third-order valence-electron chi connectivity index (χ3n) is 3.51. The van der Waals surface area contributed by atoms with Gasteiger partial charge in [-0.05, 0) is 66.4 Å². The lowest BCUT2D eigenvalue weighted by Gasteiger charge is -2.13. The monoisotopic (exact) mass is 330 g/mol. The fourth-order valence-corrected chi connectivity index (χ4v) is 3.86. The van der Waals surface area contributed by atoms with Crippen LogP contribution in [0.4, 0.5) is 0 Å². The SMILES string of the molecule is Cc1c(S(=O)(=O)O)cc2cc(S(=O)(=O)O)cc(C)c2c1C. The van der Waals surface area contributed by atoms with Gasteiger partial charge >= 0.3 is 0 Å². The molecular weight excluding hydrogens is 316 g/mol. The second-order valence-corrected chi connectivity index (χ2v) is 7.72. The molecule has 0 bridgehead atoms. The van der Waals surface area contributed by atoms with Crippen molar-refractivity contribution in [3.8, 4) is 0 Å². The Morgan fingerprint density at radius 1 is 0.810 bits per heavy atom. The van der Waals surface area contributed by atoms with Crippen LogP contribution in [-0.4, -0.2) is 25.9 Å². The lowest BCUT2D eigenvalue weighted by molar-refractivity contribution is 0.481.